The maximum absolute atomic E-state index is 13.1. The summed E-state index contributed by atoms with van der Waals surface area (Å²) in [5, 5.41) is 13.4. The van der Waals surface area contributed by atoms with E-state index in [2.05, 4.69) is 5.32 Å². The topological polar surface area (TPSA) is 128 Å². The van der Waals surface area contributed by atoms with Gasteiger partial charge in [0.15, 0.2) is 11.5 Å². The highest BCUT2D eigenvalue weighted by Crippen LogP contribution is 2.31. The van der Waals surface area contributed by atoms with E-state index in [0.29, 0.717) is 28.7 Å². The van der Waals surface area contributed by atoms with E-state index in [4.69, 9.17) is 21.1 Å². The van der Waals surface area contributed by atoms with Crippen molar-refractivity contribution in [1.29, 1.82) is 0 Å². The second-order valence-corrected chi connectivity index (χ2v) is 8.22. The zero-order valence-electron chi connectivity index (χ0n) is 19.5. The van der Waals surface area contributed by atoms with Gasteiger partial charge in [0, 0.05) is 17.2 Å². The third kappa shape index (κ3) is 5.76. The first-order chi connectivity index (χ1) is 17.8. The fourth-order valence-electron chi connectivity index (χ4n) is 3.53. The predicted molar refractivity (Wildman–Crippen MR) is 135 cm³/mol. The smallest absolute Gasteiger partial charge is 0.335 e. The number of nitrogens with one attached hydrogen (secondary N) is 1. The van der Waals surface area contributed by atoms with Gasteiger partial charge in [-0.1, -0.05) is 17.7 Å². The lowest BCUT2D eigenvalue weighted by Gasteiger charge is -2.26. The number of benzene rings is 3. The Bertz CT molecular complexity index is 1400. The van der Waals surface area contributed by atoms with Gasteiger partial charge in [0.2, 0.25) is 0 Å². The van der Waals surface area contributed by atoms with Gasteiger partial charge in [0.05, 0.1) is 17.2 Å². The number of halogens is 1. The molecule has 37 heavy (non-hydrogen) atoms. The van der Waals surface area contributed by atoms with Crippen molar-refractivity contribution in [2.24, 2.45) is 0 Å². The Labute approximate surface area is 216 Å². The second-order valence-electron chi connectivity index (χ2n) is 7.79. The molecular formula is C26H20ClN3O7. The van der Waals surface area contributed by atoms with Gasteiger partial charge < -0.3 is 9.47 Å². The summed E-state index contributed by atoms with van der Waals surface area (Å²) in [7, 11) is 0. The number of nitro groups is 1. The van der Waals surface area contributed by atoms with Gasteiger partial charge in [-0.2, -0.15) is 0 Å². The molecule has 0 saturated carbocycles. The Hall–Kier alpha value is -4.70. The molecule has 1 saturated heterocycles. The van der Waals surface area contributed by atoms with Gasteiger partial charge in [-0.05, 0) is 72.7 Å². The fraction of sp³-hybridized carbons (Fsp3) is 0.115. The number of hydrogen-bond donors (Lipinski definition) is 1. The lowest BCUT2D eigenvalue weighted by molar-refractivity contribution is -0.384. The van der Waals surface area contributed by atoms with Crippen LogP contribution in [0.5, 0.6) is 11.5 Å². The minimum Gasteiger partial charge on any atom is -0.490 e. The van der Waals surface area contributed by atoms with Crippen LogP contribution in [0.1, 0.15) is 18.1 Å². The van der Waals surface area contributed by atoms with Crippen molar-refractivity contribution < 1.29 is 28.8 Å². The number of barbiturate groups is 1. The minimum absolute atomic E-state index is 0.0197. The molecule has 0 aromatic heterocycles. The molecule has 1 heterocycles. The molecule has 1 aliphatic heterocycles. The highest BCUT2D eigenvalue weighted by molar-refractivity contribution is 6.39. The Balaban J connectivity index is 1.57. The van der Waals surface area contributed by atoms with Crippen LogP contribution in [0, 0.1) is 10.1 Å². The number of urea groups is 1. The summed E-state index contributed by atoms with van der Waals surface area (Å²) in [5.41, 5.74) is 1.19. The molecule has 11 heteroatoms. The lowest BCUT2D eigenvalue weighted by atomic mass is 10.1. The third-order valence-electron chi connectivity index (χ3n) is 5.31. The quantitative estimate of drug-likeness (QED) is 0.193. The van der Waals surface area contributed by atoms with Crippen LogP contribution in [-0.2, 0) is 16.2 Å². The zero-order valence-corrected chi connectivity index (χ0v) is 20.2. The standard InChI is InChI=1S/C26H20ClN3O7/c1-2-36-23-14-17(5-12-22(23)37-15-16-3-8-20(9-4-16)30(34)35)13-21-24(31)28-26(33)29(25(21)32)19-10-6-18(27)7-11-19/h3-14H,2,15H2,1H3,(H,28,31,33). The number of non-ortho nitro benzene ring substituents is 1. The van der Waals surface area contributed by atoms with Gasteiger partial charge in [0.1, 0.15) is 12.2 Å². The molecule has 3 aromatic rings. The molecule has 0 radical (unpaired) electrons. The van der Waals surface area contributed by atoms with Gasteiger partial charge in [-0.3, -0.25) is 25.0 Å². The summed E-state index contributed by atoms with van der Waals surface area (Å²) in [5.74, 6) is -0.836. The second kappa shape index (κ2) is 10.9. The number of anilines is 1. The molecule has 1 fully saturated rings. The number of amides is 4. The average molecular weight is 522 g/mol. The SMILES string of the molecule is CCOc1cc(C=C2C(=O)NC(=O)N(c3ccc(Cl)cc3)C2=O)ccc1OCc1ccc([N+](=O)[O-])cc1. The van der Waals surface area contributed by atoms with E-state index in [1.807, 2.05) is 0 Å². The van der Waals surface area contributed by atoms with Crippen LogP contribution in [0.2, 0.25) is 5.02 Å². The molecule has 0 bridgehead atoms. The zero-order chi connectivity index (χ0) is 26.5. The monoisotopic (exact) mass is 521 g/mol. The molecule has 3 aromatic carbocycles. The van der Waals surface area contributed by atoms with Crippen molar-refractivity contribution in [3.05, 3.63) is 98.6 Å². The number of nitro benzene ring substituents is 1. The van der Waals surface area contributed by atoms with Gasteiger partial charge >= 0.3 is 6.03 Å². The molecule has 4 rings (SSSR count). The van der Waals surface area contributed by atoms with Crippen molar-refractivity contribution in [2.45, 2.75) is 13.5 Å². The summed E-state index contributed by atoms with van der Waals surface area (Å²) < 4.78 is 11.5. The van der Waals surface area contributed by atoms with Gasteiger partial charge in [-0.15, -0.1) is 0 Å². The van der Waals surface area contributed by atoms with Crippen LogP contribution in [0.15, 0.2) is 72.3 Å². The Morgan fingerprint density at radius 1 is 0.973 bits per heavy atom. The third-order valence-corrected chi connectivity index (χ3v) is 5.56. The van der Waals surface area contributed by atoms with E-state index in [9.17, 15) is 24.5 Å². The first kappa shape index (κ1) is 25.4. The molecule has 1 aliphatic rings. The molecule has 0 unspecified atom stereocenters. The molecule has 4 amide bonds. The molecule has 188 valence electrons. The highest BCUT2D eigenvalue weighted by Gasteiger charge is 2.36. The van der Waals surface area contributed by atoms with Gasteiger partial charge in [-0.25, -0.2) is 9.69 Å². The highest BCUT2D eigenvalue weighted by atomic mass is 35.5. The molecule has 0 atom stereocenters. The van der Waals surface area contributed by atoms with Crippen molar-refractivity contribution in [3.8, 4) is 11.5 Å². The number of ether oxygens (including phenoxy) is 2. The predicted octanol–water partition coefficient (Wildman–Crippen LogP) is 4.89. The first-order valence-electron chi connectivity index (χ1n) is 11.1. The Morgan fingerprint density at radius 2 is 1.68 bits per heavy atom. The summed E-state index contributed by atoms with van der Waals surface area (Å²) >= 11 is 5.89. The minimum atomic E-state index is -0.862. The normalized spacial score (nSPS) is 14.5. The van der Waals surface area contributed by atoms with Crippen molar-refractivity contribution >= 4 is 46.9 Å². The maximum Gasteiger partial charge on any atom is 0.335 e. The summed E-state index contributed by atoms with van der Waals surface area (Å²) in [6.45, 7) is 2.25. The van der Waals surface area contributed by atoms with Gasteiger partial charge in [0.25, 0.3) is 17.5 Å². The Kier molecular flexibility index (Phi) is 7.49. The lowest BCUT2D eigenvalue weighted by Crippen LogP contribution is -2.54. The number of carbonyl (C=O) groups is 3. The van der Waals surface area contributed by atoms with E-state index < -0.39 is 22.8 Å². The van der Waals surface area contributed by atoms with E-state index in [1.54, 1.807) is 37.3 Å². The molecule has 0 aliphatic carbocycles. The van der Waals surface area contributed by atoms with Crippen molar-refractivity contribution in [2.75, 3.05) is 11.5 Å². The summed E-state index contributed by atoms with van der Waals surface area (Å²) in [6, 6.07) is 16.0. The Morgan fingerprint density at radius 3 is 2.32 bits per heavy atom. The first-order valence-corrected chi connectivity index (χ1v) is 11.4. The fourth-order valence-corrected chi connectivity index (χ4v) is 3.65. The average Bonchev–Trinajstić information content (AvgIpc) is 2.87. The molecule has 10 nitrogen and oxygen atoms in total. The number of imide groups is 2. The van der Waals surface area contributed by atoms with Crippen LogP contribution < -0.4 is 19.7 Å². The van der Waals surface area contributed by atoms with Crippen LogP contribution in [0.4, 0.5) is 16.2 Å². The number of nitrogens with zero attached hydrogens (tertiary/aromatic N) is 2. The summed E-state index contributed by atoms with van der Waals surface area (Å²) in [4.78, 5) is 49.1. The molecule has 0 spiro atoms. The molecular weight excluding hydrogens is 502 g/mol. The van der Waals surface area contributed by atoms with Crippen molar-refractivity contribution in [3.63, 3.8) is 0 Å². The number of rotatable bonds is 8. The van der Waals surface area contributed by atoms with E-state index in [-0.39, 0.29) is 23.6 Å². The van der Waals surface area contributed by atoms with E-state index in [1.165, 1.54) is 42.5 Å². The largest absolute Gasteiger partial charge is 0.490 e. The van der Waals surface area contributed by atoms with E-state index >= 15 is 0 Å². The van der Waals surface area contributed by atoms with Crippen molar-refractivity contribution in [1.82, 2.24) is 5.32 Å². The number of carbonyl (C=O) groups excluding carboxylic acids is 3. The van der Waals surface area contributed by atoms with Crippen LogP contribution in [0.3, 0.4) is 0 Å². The van der Waals surface area contributed by atoms with Crippen LogP contribution in [0.25, 0.3) is 6.08 Å². The number of hydrogen-bond acceptors (Lipinski definition) is 7. The van der Waals surface area contributed by atoms with Crippen LogP contribution >= 0.6 is 11.6 Å². The maximum atomic E-state index is 13.1. The summed E-state index contributed by atoms with van der Waals surface area (Å²) in [6.07, 6.45) is 1.36. The van der Waals surface area contributed by atoms with E-state index in [0.717, 1.165) is 10.5 Å². The van der Waals surface area contributed by atoms with Crippen LogP contribution in [-0.4, -0.2) is 29.4 Å². The molecule has 1 N–H and O–H groups in total.